The van der Waals surface area contributed by atoms with Gasteiger partial charge in [-0.15, -0.1) is 0 Å². The second-order valence-electron chi connectivity index (χ2n) is 9.50. The lowest BCUT2D eigenvalue weighted by Gasteiger charge is -2.27. The molecular formula is C29H33N5O5. The maximum absolute atomic E-state index is 13.5. The fourth-order valence-corrected chi connectivity index (χ4v) is 4.72. The Kier molecular flexibility index (Phi) is 9.22. The minimum absolute atomic E-state index is 0.0285. The van der Waals surface area contributed by atoms with Crippen LogP contribution in [-0.2, 0) is 20.8 Å². The monoisotopic (exact) mass is 531 g/mol. The minimum Gasteiger partial charge on any atom is -0.496 e. The smallest absolute Gasteiger partial charge is 0.243 e. The molecule has 0 radical (unpaired) electrons. The maximum atomic E-state index is 13.5. The van der Waals surface area contributed by atoms with Crippen molar-refractivity contribution >= 4 is 17.6 Å². The van der Waals surface area contributed by atoms with Crippen molar-refractivity contribution < 1.29 is 23.9 Å². The quantitative estimate of drug-likeness (QED) is 0.384. The normalized spacial score (nSPS) is 18.2. The molecule has 2 amide bonds. The van der Waals surface area contributed by atoms with Gasteiger partial charge in [0.25, 0.3) is 0 Å². The number of para-hydroxylation sites is 1. The number of ketones is 1. The molecule has 1 fully saturated rings. The topological polar surface area (TPSA) is 137 Å². The first kappa shape index (κ1) is 27.7. The van der Waals surface area contributed by atoms with Crippen LogP contribution in [0.5, 0.6) is 11.5 Å². The summed E-state index contributed by atoms with van der Waals surface area (Å²) in [5.74, 6) is 0.298. The molecule has 3 aromatic rings. The van der Waals surface area contributed by atoms with E-state index in [0.29, 0.717) is 23.5 Å². The van der Waals surface area contributed by atoms with E-state index in [-0.39, 0.29) is 31.1 Å². The number of pyridine rings is 2. The summed E-state index contributed by atoms with van der Waals surface area (Å²) in [5, 5.41) is 2.86. The standard InChI is InChI=1S/C29H33N5O5/c1-19(35)25(15-20-7-11-31-12-8-20)33-29(37)26-16-22(39-21-9-13-32-14-10-21)18-34(26)28(36)17-24(30)23-5-3-4-6-27(23)38-2/h3-14,22,24-26H,15-18,30H2,1-2H3,(H,33,37)/t22?,24-,25-,26-/m0/s1. The lowest BCUT2D eigenvalue weighted by Crippen LogP contribution is -2.51. The largest absolute Gasteiger partial charge is 0.496 e. The van der Waals surface area contributed by atoms with Gasteiger partial charge in [-0.2, -0.15) is 0 Å². The maximum Gasteiger partial charge on any atom is 0.243 e. The SMILES string of the molecule is COc1ccccc1[C@@H](N)CC(=O)N1CC(Oc2ccncc2)C[C@H]1C(=O)N[C@@H](Cc1ccncc1)C(C)=O. The second-order valence-corrected chi connectivity index (χ2v) is 9.50. The fourth-order valence-electron chi connectivity index (χ4n) is 4.72. The molecule has 1 unspecified atom stereocenters. The van der Waals surface area contributed by atoms with Gasteiger partial charge in [0.05, 0.1) is 19.7 Å². The Labute approximate surface area is 227 Å². The molecule has 0 bridgehead atoms. The number of carbonyl (C=O) groups is 3. The summed E-state index contributed by atoms with van der Waals surface area (Å²) < 4.78 is 11.5. The Balaban J connectivity index is 1.51. The average Bonchev–Trinajstić information content (AvgIpc) is 3.37. The van der Waals surface area contributed by atoms with Crippen LogP contribution in [0.2, 0.25) is 0 Å². The first-order valence-corrected chi connectivity index (χ1v) is 12.8. The first-order chi connectivity index (χ1) is 18.9. The van der Waals surface area contributed by atoms with E-state index in [1.165, 1.54) is 11.8 Å². The Hall–Kier alpha value is -4.31. The van der Waals surface area contributed by atoms with E-state index in [0.717, 1.165) is 5.56 Å². The summed E-state index contributed by atoms with van der Waals surface area (Å²) in [5.41, 5.74) is 7.98. The number of carbonyl (C=O) groups excluding carboxylic acids is 3. The Bertz CT molecular complexity index is 1270. The van der Waals surface area contributed by atoms with Crippen LogP contribution in [0.25, 0.3) is 0 Å². The van der Waals surface area contributed by atoms with Gasteiger partial charge in [-0.05, 0) is 49.2 Å². The molecule has 204 valence electrons. The summed E-state index contributed by atoms with van der Waals surface area (Å²) in [6.07, 6.45) is 6.63. The van der Waals surface area contributed by atoms with Crippen LogP contribution in [-0.4, -0.2) is 64.3 Å². The van der Waals surface area contributed by atoms with Crippen LogP contribution in [0, 0.1) is 0 Å². The molecule has 10 heteroatoms. The van der Waals surface area contributed by atoms with E-state index in [9.17, 15) is 14.4 Å². The van der Waals surface area contributed by atoms with Gasteiger partial charge in [-0.1, -0.05) is 18.2 Å². The molecule has 3 N–H and O–H groups in total. The third kappa shape index (κ3) is 7.17. The highest BCUT2D eigenvalue weighted by Gasteiger charge is 2.42. The van der Waals surface area contributed by atoms with Gasteiger partial charge in [0, 0.05) is 49.2 Å². The molecular weight excluding hydrogens is 498 g/mol. The molecule has 4 rings (SSSR count). The number of nitrogens with one attached hydrogen (secondary N) is 1. The molecule has 0 spiro atoms. The highest BCUT2D eigenvalue weighted by Crippen LogP contribution is 2.29. The van der Waals surface area contributed by atoms with E-state index in [4.69, 9.17) is 15.2 Å². The van der Waals surface area contributed by atoms with Crippen molar-refractivity contribution in [1.29, 1.82) is 0 Å². The van der Waals surface area contributed by atoms with Crippen molar-refractivity contribution in [2.24, 2.45) is 5.73 Å². The number of nitrogens with zero attached hydrogens (tertiary/aromatic N) is 3. The molecule has 39 heavy (non-hydrogen) atoms. The van der Waals surface area contributed by atoms with Gasteiger partial charge in [-0.3, -0.25) is 24.4 Å². The molecule has 1 aliphatic heterocycles. The number of rotatable bonds is 11. The van der Waals surface area contributed by atoms with Crippen LogP contribution < -0.4 is 20.5 Å². The summed E-state index contributed by atoms with van der Waals surface area (Å²) >= 11 is 0. The lowest BCUT2D eigenvalue weighted by atomic mass is 10.0. The van der Waals surface area contributed by atoms with Crippen molar-refractivity contribution in [3.05, 3.63) is 84.4 Å². The third-order valence-corrected chi connectivity index (χ3v) is 6.77. The summed E-state index contributed by atoms with van der Waals surface area (Å²) in [7, 11) is 1.55. The van der Waals surface area contributed by atoms with E-state index >= 15 is 0 Å². The third-order valence-electron chi connectivity index (χ3n) is 6.77. The minimum atomic E-state index is -0.825. The van der Waals surface area contributed by atoms with E-state index in [1.54, 1.807) is 62.2 Å². The van der Waals surface area contributed by atoms with Crippen molar-refractivity contribution in [2.75, 3.05) is 13.7 Å². The van der Waals surface area contributed by atoms with Crippen molar-refractivity contribution in [3.8, 4) is 11.5 Å². The zero-order valence-electron chi connectivity index (χ0n) is 22.0. The lowest BCUT2D eigenvalue weighted by molar-refractivity contribution is -0.139. The fraction of sp³-hybridized carbons (Fsp3) is 0.345. The zero-order chi connectivity index (χ0) is 27.8. The van der Waals surface area contributed by atoms with Gasteiger partial charge in [0.2, 0.25) is 11.8 Å². The van der Waals surface area contributed by atoms with Gasteiger partial charge >= 0.3 is 0 Å². The highest BCUT2D eigenvalue weighted by atomic mass is 16.5. The second kappa shape index (κ2) is 13.0. The molecule has 0 saturated carbocycles. The zero-order valence-corrected chi connectivity index (χ0v) is 22.0. The van der Waals surface area contributed by atoms with Crippen molar-refractivity contribution in [2.45, 2.75) is 50.4 Å². The molecule has 1 aliphatic rings. The number of hydrogen-bond acceptors (Lipinski definition) is 8. The molecule has 10 nitrogen and oxygen atoms in total. The van der Waals surface area contributed by atoms with Crippen LogP contribution in [0.3, 0.4) is 0 Å². The molecule has 0 aliphatic carbocycles. The van der Waals surface area contributed by atoms with E-state index < -0.39 is 30.1 Å². The van der Waals surface area contributed by atoms with Gasteiger partial charge in [0.15, 0.2) is 5.78 Å². The van der Waals surface area contributed by atoms with Crippen molar-refractivity contribution in [3.63, 3.8) is 0 Å². The predicted molar refractivity (Wildman–Crippen MR) is 144 cm³/mol. The first-order valence-electron chi connectivity index (χ1n) is 12.8. The number of ether oxygens (including phenoxy) is 2. The van der Waals surface area contributed by atoms with Crippen molar-refractivity contribution in [1.82, 2.24) is 20.2 Å². The number of likely N-dealkylation sites (tertiary alicyclic amines) is 1. The predicted octanol–water partition coefficient (Wildman–Crippen LogP) is 2.24. The van der Waals surface area contributed by atoms with Gasteiger partial charge < -0.3 is 25.4 Å². The number of hydrogen-bond donors (Lipinski definition) is 2. The van der Waals surface area contributed by atoms with Crippen LogP contribution in [0.1, 0.15) is 36.9 Å². The van der Waals surface area contributed by atoms with Crippen LogP contribution >= 0.6 is 0 Å². The van der Waals surface area contributed by atoms with Crippen LogP contribution in [0.15, 0.2) is 73.3 Å². The number of benzene rings is 1. The molecule has 3 heterocycles. The Morgan fingerprint density at radius 2 is 1.72 bits per heavy atom. The molecule has 1 aromatic carbocycles. The highest BCUT2D eigenvalue weighted by molar-refractivity contribution is 5.92. The molecule has 1 saturated heterocycles. The number of Topliss-reactive ketones (excluding diaryl/α,β-unsaturated/α-hetero) is 1. The number of aromatic nitrogens is 2. The number of methoxy groups -OCH3 is 1. The summed E-state index contributed by atoms with van der Waals surface area (Å²) in [6, 6.07) is 12.1. The summed E-state index contributed by atoms with van der Waals surface area (Å²) in [6.45, 7) is 1.64. The Morgan fingerprint density at radius 1 is 1.05 bits per heavy atom. The van der Waals surface area contributed by atoms with Crippen LogP contribution in [0.4, 0.5) is 0 Å². The number of nitrogens with two attached hydrogens (primary N) is 1. The van der Waals surface area contributed by atoms with E-state index in [1.807, 2.05) is 18.2 Å². The summed E-state index contributed by atoms with van der Waals surface area (Å²) in [4.78, 5) is 49.0. The van der Waals surface area contributed by atoms with Gasteiger partial charge in [-0.25, -0.2) is 0 Å². The van der Waals surface area contributed by atoms with Gasteiger partial charge in [0.1, 0.15) is 23.6 Å². The number of amides is 2. The average molecular weight is 532 g/mol. The molecule has 4 atom stereocenters. The molecule has 2 aromatic heterocycles. The Morgan fingerprint density at radius 3 is 2.38 bits per heavy atom. The van der Waals surface area contributed by atoms with E-state index in [2.05, 4.69) is 15.3 Å².